The van der Waals surface area contributed by atoms with Gasteiger partial charge in [-0.3, -0.25) is 0 Å². The van der Waals surface area contributed by atoms with E-state index in [0.717, 1.165) is 18.5 Å². The average molecular weight is 264 g/mol. The first kappa shape index (κ1) is 15.3. The van der Waals surface area contributed by atoms with E-state index in [9.17, 15) is 4.79 Å². The van der Waals surface area contributed by atoms with Gasteiger partial charge in [-0.05, 0) is 45.4 Å². The number of hydrogen-bond acceptors (Lipinski definition) is 4. The molecular formula is C15H24N2O2. The lowest BCUT2D eigenvalue weighted by atomic mass is 10.1. The summed E-state index contributed by atoms with van der Waals surface area (Å²) in [5.74, 6) is -0.339. The van der Waals surface area contributed by atoms with Crippen LogP contribution in [-0.4, -0.2) is 18.1 Å². The summed E-state index contributed by atoms with van der Waals surface area (Å²) in [7, 11) is 0. The lowest BCUT2D eigenvalue weighted by molar-refractivity contribution is 0.0379. The first-order valence-electron chi connectivity index (χ1n) is 6.81. The molecule has 0 spiro atoms. The van der Waals surface area contributed by atoms with Crippen LogP contribution in [0.5, 0.6) is 0 Å². The highest BCUT2D eigenvalue weighted by Gasteiger charge is 2.16. The van der Waals surface area contributed by atoms with Crippen molar-refractivity contribution in [1.29, 1.82) is 0 Å². The molecule has 1 atom stereocenters. The van der Waals surface area contributed by atoms with Crippen molar-refractivity contribution in [2.45, 2.75) is 52.7 Å². The van der Waals surface area contributed by atoms with Crippen LogP contribution in [0.25, 0.3) is 0 Å². The van der Waals surface area contributed by atoms with Crippen LogP contribution in [0.2, 0.25) is 0 Å². The second-order valence-electron chi connectivity index (χ2n) is 5.09. The summed E-state index contributed by atoms with van der Waals surface area (Å²) in [4.78, 5) is 12.0. The predicted octanol–water partition coefficient (Wildman–Crippen LogP) is 3.43. The molecule has 0 saturated carbocycles. The minimum Gasteiger partial charge on any atom is -0.459 e. The number of nitrogens with two attached hydrogens (primary N) is 1. The van der Waals surface area contributed by atoms with Gasteiger partial charge < -0.3 is 15.8 Å². The molecule has 3 N–H and O–H groups in total. The quantitative estimate of drug-likeness (QED) is 0.610. The molecule has 0 aliphatic rings. The van der Waals surface area contributed by atoms with Gasteiger partial charge in [0.05, 0.1) is 11.7 Å². The normalized spacial score (nSPS) is 12.3. The molecule has 1 aromatic carbocycles. The zero-order valence-corrected chi connectivity index (χ0v) is 12.2. The van der Waals surface area contributed by atoms with E-state index in [4.69, 9.17) is 10.5 Å². The Bertz CT molecular complexity index is 430. The Hall–Kier alpha value is -1.71. The second kappa shape index (κ2) is 7.02. The van der Waals surface area contributed by atoms with Gasteiger partial charge in [-0.2, -0.15) is 0 Å². The van der Waals surface area contributed by atoms with Crippen molar-refractivity contribution in [2.75, 3.05) is 11.1 Å². The lowest BCUT2D eigenvalue weighted by Gasteiger charge is -2.18. The van der Waals surface area contributed by atoms with E-state index in [-0.39, 0.29) is 12.1 Å². The van der Waals surface area contributed by atoms with Crippen molar-refractivity contribution < 1.29 is 9.53 Å². The van der Waals surface area contributed by atoms with E-state index < -0.39 is 0 Å². The van der Waals surface area contributed by atoms with E-state index in [0.29, 0.717) is 17.3 Å². The van der Waals surface area contributed by atoms with Crippen LogP contribution in [0.4, 0.5) is 11.4 Å². The fraction of sp³-hybridized carbons (Fsp3) is 0.533. The maximum atomic E-state index is 12.0. The number of anilines is 2. The van der Waals surface area contributed by atoms with Gasteiger partial charge in [0.1, 0.15) is 0 Å². The minimum absolute atomic E-state index is 0.144. The van der Waals surface area contributed by atoms with Gasteiger partial charge in [-0.1, -0.05) is 13.3 Å². The Labute approximate surface area is 115 Å². The van der Waals surface area contributed by atoms with Gasteiger partial charge in [0.2, 0.25) is 0 Å². The highest BCUT2D eigenvalue weighted by molar-refractivity contribution is 5.96. The first-order valence-corrected chi connectivity index (χ1v) is 6.81. The van der Waals surface area contributed by atoms with Crippen LogP contribution >= 0.6 is 0 Å². The summed E-state index contributed by atoms with van der Waals surface area (Å²) in [5.41, 5.74) is 7.59. The monoisotopic (exact) mass is 264 g/mol. The van der Waals surface area contributed by atoms with Gasteiger partial charge in [0.25, 0.3) is 0 Å². The second-order valence-corrected chi connectivity index (χ2v) is 5.09. The molecule has 0 saturated heterocycles. The average Bonchev–Trinajstić information content (AvgIpc) is 2.30. The highest BCUT2D eigenvalue weighted by Crippen LogP contribution is 2.22. The maximum absolute atomic E-state index is 12.0. The smallest absolute Gasteiger partial charge is 0.340 e. The van der Waals surface area contributed by atoms with Gasteiger partial charge in [-0.15, -0.1) is 0 Å². The molecule has 0 aromatic heterocycles. The summed E-state index contributed by atoms with van der Waals surface area (Å²) in [6.07, 6.45) is 1.99. The van der Waals surface area contributed by atoms with E-state index in [1.165, 1.54) is 0 Å². The van der Waals surface area contributed by atoms with Gasteiger partial charge in [0.15, 0.2) is 0 Å². The highest BCUT2D eigenvalue weighted by atomic mass is 16.5. The summed E-state index contributed by atoms with van der Waals surface area (Å²) < 4.78 is 5.24. The zero-order chi connectivity index (χ0) is 14.4. The Balaban J connectivity index is 2.94. The molecule has 106 valence electrons. The number of carbonyl (C=O) groups is 1. The van der Waals surface area contributed by atoms with Crippen LogP contribution in [-0.2, 0) is 4.74 Å². The van der Waals surface area contributed by atoms with Crippen LogP contribution in [0.15, 0.2) is 18.2 Å². The van der Waals surface area contributed by atoms with E-state index in [1.807, 2.05) is 19.9 Å². The van der Waals surface area contributed by atoms with Crippen LogP contribution in [0.1, 0.15) is 50.9 Å². The molecule has 0 aliphatic carbocycles. The van der Waals surface area contributed by atoms with Gasteiger partial charge in [0, 0.05) is 17.4 Å². The third-order valence-electron chi connectivity index (χ3n) is 2.73. The molecule has 0 radical (unpaired) electrons. The molecule has 19 heavy (non-hydrogen) atoms. The molecule has 1 rings (SSSR count). The first-order chi connectivity index (χ1) is 8.93. The molecule has 1 aromatic rings. The Morgan fingerprint density at radius 1 is 1.37 bits per heavy atom. The SMILES string of the molecule is CCCC(C)Nc1ccc(N)cc1C(=O)OC(C)C. The molecular weight excluding hydrogens is 240 g/mol. The third-order valence-corrected chi connectivity index (χ3v) is 2.73. The lowest BCUT2D eigenvalue weighted by Crippen LogP contribution is -2.19. The predicted molar refractivity (Wildman–Crippen MR) is 79.4 cm³/mol. The number of carbonyl (C=O) groups excluding carboxylic acids is 1. The molecule has 1 unspecified atom stereocenters. The summed E-state index contributed by atoms with van der Waals surface area (Å²) in [6, 6.07) is 5.58. The van der Waals surface area contributed by atoms with Crippen molar-refractivity contribution in [2.24, 2.45) is 0 Å². The van der Waals surface area contributed by atoms with Crippen LogP contribution < -0.4 is 11.1 Å². The number of nitrogens with one attached hydrogen (secondary N) is 1. The third kappa shape index (κ3) is 4.81. The molecule has 0 bridgehead atoms. The van der Waals surface area contributed by atoms with Crippen LogP contribution in [0, 0.1) is 0 Å². The minimum atomic E-state index is -0.339. The van der Waals surface area contributed by atoms with Crippen molar-refractivity contribution in [3.8, 4) is 0 Å². The van der Waals surface area contributed by atoms with Crippen molar-refractivity contribution in [1.82, 2.24) is 0 Å². The van der Waals surface area contributed by atoms with Crippen LogP contribution in [0.3, 0.4) is 0 Å². The van der Waals surface area contributed by atoms with E-state index in [1.54, 1.807) is 12.1 Å². The van der Waals surface area contributed by atoms with E-state index in [2.05, 4.69) is 19.2 Å². The molecule has 0 amide bonds. The van der Waals surface area contributed by atoms with Crippen molar-refractivity contribution in [3.05, 3.63) is 23.8 Å². The number of esters is 1. The molecule has 0 aliphatic heterocycles. The summed E-state index contributed by atoms with van der Waals surface area (Å²) in [5, 5.41) is 3.34. The Morgan fingerprint density at radius 2 is 2.05 bits per heavy atom. The van der Waals surface area contributed by atoms with Gasteiger partial charge >= 0.3 is 5.97 Å². The molecule has 0 fully saturated rings. The van der Waals surface area contributed by atoms with Crippen molar-refractivity contribution in [3.63, 3.8) is 0 Å². The number of hydrogen-bond donors (Lipinski definition) is 2. The fourth-order valence-corrected chi connectivity index (χ4v) is 1.90. The molecule has 0 heterocycles. The standard InChI is InChI=1S/C15H24N2O2/c1-5-6-11(4)17-14-8-7-12(16)9-13(14)15(18)19-10(2)3/h7-11,17H,5-6,16H2,1-4H3. The van der Waals surface area contributed by atoms with E-state index >= 15 is 0 Å². The zero-order valence-electron chi connectivity index (χ0n) is 12.2. The summed E-state index contributed by atoms with van der Waals surface area (Å²) >= 11 is 0. The fourth-order valence-electron chi connectivity index (χ4n) is 1.90. The topological polar surface area (TPSA) is 64.3 Å². The summed E-state index contributed by atoms with van der Waals surface area (Å²) in [6.45, 7) is 7.89. The Morgan fingerprint density at radius 3 is 2.63 bits per heavy atom. The maximum Gasteiger partial charge on any atom is 0.340 e. The number of ether oxygens (including phenoxy) is 1. The largest absolute Gasteiger partial charge is 0.459 e. The van der Waals surface area contributed by atoms with Gasteiger partial charge in [-0.25, -0.2) is 4.79 Å². The molecule has 4 heteroatoms. The number of nitrogen functional groups attached to an aromatic ring is 1. The molecule has 4 nitrogen and oxygen atoms in total. The van der Waals surface area contributed by atoms with Crippen molar-refractivity contribution >= 4 is 17.3 Å². The Kier molecular flexibility index (Phi) is 5.67. The number of rotatable bonds is 6. The number of benzene rings is 1.